The van der Waals surface area contributed by atoms with E-state index in [2.05, 4.69) is 27.8 Å². The standard InChI is InChI=1S/C25H41N5O2.HI/c1-2-26-25(28-15-7-14-27-24(32)21-10-6-11-23(31)18-21)29-22-12-16-30(17-13-22)19-20-8-4-3-5-9-20;/h6,10-11,18,20,22,31H,2-5,7-9,12-17,19H2,1H3,(H,27,32)(H2,26,28,29);1H. The number of guanidine groups is 1. The number of nitrogens with one attached hydrogen (secondary N) is 3. The number of nitrogens with zero attached hydrogens (tertiary/aromatic N) is 2. The number of carbonyl (C=O) groups excluding carboxylic acids is 1. The molecule has 0 atom stereocenters. The topological polar surface area (TPSA) is 89.0 Å². The average Bonchev–Trinajstić information content (AvgIpc) is 2.81. The molecule has 1 aliphatic carbocycles. The number of aliphatic imine (C=N–C) groups is 1. The molecule has 186 valence electrons. The minimum absolute atomic E-state index is 0. The van der Waals surface area contributed by atoms with Gasteiger partial charge in [0.25, 0.3) is 5.91 Å². The van der Waals surface area contributed by atoms with Crippen LogP contribution in [0.3, 0.4) is 0 Å². The van der Waals surface area contributed by atoms with E-state index in [1.807, 2.05) is 0 Å². The maximum Gasteiger partial charge on any atom is 0.251 e. The van der Waals surface area contributed by atoms with Gasteiger partial charge in [-0.15, -0.1) is 24.0 Å². The molecule has 1 aliphatic heterocycles. The van der Waals surface area contributed by atoms with Gasteiger partial charge in [0.1, 0.15) is 5.75 Å². The fourth-order valence-corrected chi connectivity index (χ4v) is 4.73. The fourth-order valence-electron chi connectivity index (χ4n) is 4.73. The molecule has 33 heavy (non-hydrogen) atoms. The molecule has 3 rings (SSSR count). The molecule has 0 radical (unpaired) electrons. The van der Waals surface area contributed by atoms with Crippen molar-refractivity contribution in [3.63, 3.8) is 0 Å². The summed E-state index contributed by atoms with van der Waals surface area (Å²) in [4.78, 5) is 19.5. The fraction of sp³-hybridized carbons (Fsp3) is 0.680. The zero-order chi connectivity index (χ0) is 22.6. The van der Waals surface area contributed by atoms with Crippen LogP contribution in [0.5, 0.6) is 5.75 Å². The minimum Gasteiger partial charge on any atom is -0.508 e. The number of aromatic hydroxyl groups is 1. The molecule has 1 aromatic rings. The zero-order valence-electron chi connectivity index (χ0n) is 20.0. The third kappa shape index (κ3) is 10.1. The van der Waals surface area contributed by atoms with E-state index < -0.39 is 0 Å². The van der Waals surface area contributed by atoms with Gasteiger partial charge in [-0.05, 0) is 63.1 Å². The van der Waals surface area contributed by atoms with Crippen LogP contribution in [0.25, 0.3) is 0 Å². The Kier molecular flexibility index (Phi) is 12.9. The van der Waals surface area contributed by atoms with Crippen LogP contribution in [0.1, 0.15) is 68.6 Å². The lowest BCUT2D eigenvalue weighted by Crippen LogP contribution is -2.49. The number of benzene rings is 1. The molecular formula is C25H42IN5O2. The lowest BCUT2D eigenvalue weighted by molar-refractivity contribution is 0.0953. The highest BCUT2D eigenvalue weighted by molar-refractivity contribution is 14.0. The number of halogens is 1. The Morgan fingerprint density at radius 2 is 1.88 bits per heavy atom. The maximum atomic E-state index is 12.1. The van der Waals surface area contributed by atoms with Crippen LogP contribution in [0.15, 0.2) is 29.3 Å². The number of phenols is 1. The van der Waals surface area contributed by atoms with Gasteiger partial charge >= 0.3 is 0 Å². The molecule has 1 saturated heterocycles. The predicted octanol–water partition coefficient (Wildman–Crippen LogP) is 3.73. The van der Waals surface area contributed by atoms with Gasteiger partial charge in [-0.1, -0.05) is 25.3 Å². The van der Waals surface area contributed by atoms with E-state index in [4.69, 9.17) is 4.99 Å². The van der Waals surface area contributed by atoms with Gasteiger partial charge in [0, 0.05) is 50.9 Å². The zero-order valence-corrected chi connectivity index (χ0v) is 22.4. The molecule has 1 heterocycles. The van der Waals surface area contributed by atoms with E-state index in [-0.39, 0.29) is 35.6 Å². The number of rotatable bonds is 9. The Balaban J connectivity index is 0.00000385. The van der Waals surface area contributed by atoms with Crippen LogP contribution in [-0.2, 0) is 0 Å². The number of carbonyl (C=O) groups is 1. The Bertz CT molecular complexity index is 731. The Hall–Kier alpha value is -1.55. The molecular weight excluding hydrogens is 529 g/mol. The van der Waals surface area contributed by atoms with E-state index >= 15 is 0 Å². The molecule has 1 saturated carbocycles. The monoisotopic (exact) mass is 571 g/mol. The molecule has 7 nitrogen and oxygen atoms in total. The van der Waals surface area contributed by atoms with Crippen molar-refractivity contribution in [3.8, 4) is 5.75 Å². The highest BCUT2D eigenvalue weighted by Gasteiger charge is 2.23. The van der Waals surface area contributed by atoms with E-state index in [1.165, 1.54) is 57.8 Å². The number of amides is 1. The first kappa shape index (κ1) is 27.7. The number of hydrogen-bond donors (Lipinski definition) is 4. The third-order valence-corrected chi connectivity index (χ3v) is 6.51. The van der Waals surface area contributed by atoms with Crippen molar-refractivity contribution >= 4 is 35.8 Å². The molecule has 2 fully saturated rings. The van der Waals surface area contributed by atoms with Crippen molar-refractivity contribution in [3.05, 3.63) is 29.8 Å². The Morgan fingerprint density at radius 3 is 2.58 bits per heavy atom. The van der Waals surface area contributed by atoms with Gasteiger partial charge in [-0.2, -0.15) is 0 Å². The number of likely N-dealkylation sites (tertiary alicyclic amines) is 1. The third-order valence-electron chi connectivity index (χ3n) is 6.51. The van der Waals surface area contributed by atoms with Crippen LogP contribution < -0.4 is 16.0 Å². The van der Waals surface area contributed by atoms with Crippen LogP contribution >= 0.6 is 24.0 Å². The first-order chi connectivity index (χ1) is 15.6. The van der Waals surface area contributed by atoms with Gasteiger partial charge < -0.3 is 26.0 Å². The summed E-state index contributed by atoms with van der Waals surface area (Å²) in [5.74, 6) is 1.72. The van der Waals surface area contributed by atoms with Crippen molar-refractivity contribution in [2.24, 2.45) is 10.9 Å². The highest BCUT2D eigenvalue weighted by atomic mass is 127. The molecule has 8 heteroatoms. The highest BCUT2D eigenvalue weighted by Crippen LogP contribution is 2.25. The first-order valence-electron chi connectivity index (χ1n) is 12.5. The summed E-state index contributed by atoms with van der Waals surface area (Å²) < 4.78 is 0. The maximum absolute atomic E-state index is 12.1. The Labute approximate surface area is 216 Å². The second-order valence-corrected chi connectivity index (χ2v) is 9.14. The van der Waals surface area contributed by atoms with Crippen molar-refractivity contribution < 1.29 is 9.90 Å². The largest absolute Gasteiger partial charge is 0.508 e. The number of piperidine rings is 1. The summed E-state index contributed by atoms with van der Waals surface area (Å²) in [6.45, 7) is 7.76. The van der Waals surface area contributed by atoms with Crippen molar-refractivity contribution in [1.82, 2.24) is 20.9 Å². The van der Waals surface area contributed by atoms with E-state index in [1.54, 1.807) is 18.2 Å². The van der Waals surface area contributed by atoms with Gasteiger partial charge in [0.2, 0.25) is 0 Å². The molecule has 0 bridgehead atoms. The van der Waals surface area contributed by atoms with Gasteiger partial charge in [-0.25, -0.2) is 0 Å². The lowest BCUT2D eigenvalue weighted by Gasteiger charge is -2.36. The van der Waals surface area contributed by atoms with Crippen molar-refractivity contribution in [1.29, 1.82) is 0 Å². The van der Waals surface area contributed by atoms with E-state index in [9.17, 15) is 9.90 Å². The molecule has 4 N–H and O–H groups in total. The summed E-state index contributed by atoms with van der Waals surface area (Å²) in [7, 11) is 0. The molecule has 2 aliphatic rings. The molecule has 0 unspecified atom stereocenters. The second-order valence-electron chi connectivity index (χ2n) is 9.14. The summed E-state index contributed by atoms with van der Waals surface area (Å²) in [6, 6.07) is 6.87. The number of phenolic OH excluding ortho intramolecular Hbond substituents is 1. The van der Waals surface area contributed by atoms with E-state index in [0.29, 0.717) is 24.7 Å². The van der Waals surface area contributed by atoms with Gasteiger partial charge in [0.05, 0.1) is 0 Å². The molecule has 0 aromatic heterocycles. The van der Waals surface area contributed by atoms with Crippen LogP contribution in [0.4, 0.5) is 0 Å². The summed E-state index contributed by atoms with van der Waals surface area (Å²) in [5, 5.41) is 19.3. The van der Waals surface area contributed by atoms with Crippen molar-refractivity contribution in [2.45, 2.75) is 64.3 Å². The normalized spacial score (nSPS) is 18.4. The minimum atomic E-state index is -0.171. The number of hydrogen-bond acceptors (Lipinski definition) is 4. The summed E-state index contributed by atoms with van der Waals surface area (Å²) in [6.07, 6.45) is 10.2. The first-order valence-corrected chi connectivity index (χ1v) is 12.5. The van der Waals surface area contributed by atoms with Crippen LogP contribution in [0.2, 0.25) is 0 Å². The quantitative estimate of drug-likeness (QED) is 0.157. The molecule has 1 amide bonds. The summed E-state index contributed by atoms with van der Waals surface area (Å²) in [5.41, 5.74) is 0.471. The summed E-state index contributed by atoms with van der Waals surface area (Å²) >= 11 is 0. The predicted molar refractivity (Wildman–Crippen MR) is 146 cm³/mol. The lowest BCUT2D eigenvalue weighted by atomic mass is 9.88. The van der Waals surface area contributed by atoms with Crippen LogP contribution in [-0.4, -0.2) is 67.2 Å². The Morgan fingerprint density at radius 1 is 1.12 bits per heavy atom. The SMILES string of the molecule is CCNC(=NCCCNC(=O)c1cccc(O)c1)NC1CCN(CC2CCCCC2)CC1.I. The molecule has 0 spiro atoms. The smallest absolute Gasteiger partial charge is 0.251 e. The van der Waals surface area contributed by atoms with Crippen molar-refractivity contribution in [2.75, 3.05) is 39.3 Å². The van der Waals surface area contributed by atoms with Crippen LogP contribution in [0, 0.1) is 5.92 Å². The average molecular weight is 572 g/mol. The molecule has 1 aromatic carbocycles. The van der Waals surface area contributed by atoms with Gasteiger partial charge in [0.15, 0.2) is 5.96 Å². The van der Waals surface area contributed by atoms with E-state index in [0.717, 1.165) is 37.7 Å². The van der Waals surface area contributed by atoms with Gasteiger partial charge in [-0.3, -0.25) is 9.79 Å². The second kappa shape index (κ2) is 15.4.